The Morgan fingerprint density at radius 2 is 1.83 bits per heavy atom. The molecule has 150 valence electrons. The average Bonchev–Trinajstić information content (AvgIpc) is 2.65. The number of halogens is 4. The number of nitro groups is 1. The lowest BCUT2D eigenvalue weighted by molar-refractivity contribution is -0.384. The number of hydrogen-bond donors (Lipinski definition) is 1. The van der Waals surface area contributed by atoms with E-state index >= 15 is 0 Å². The molecule has 0 amide bonds. The lowest BCUT2D eigenvalue weighted by Crippen LogP contribution is -2.27. The molecule has 1 heterocycles. The molecule has 0 fully saturated rings. The summed E-state index contributed by atoms with van der Waals surface area (Å²) in [4.78, 5) is 26.2. The Bertz CT molecular complexity index is 1120. The summed E-state index contributed by atoms with van der Waals surface area (Å²) in [6, 6.07) is 12.6. The van der Waals surface area contributed by atoms with Gasteiger partial charge in [-0.1, -0.05) is 41.9 Å². The minimum atomic E-state index is -4.84. The summed E-state index contributed by atoms with van der Waals surface area (Å²) in [5.41, 5.74) is -2.05. The molecule has 11 heteroatoms. The second-order valence-electron chi connectivity index (χ2n) is 5.92. The minimum absolute atomic E-state index is 0.0501. The molecule has 3 rings (SSSR count). The van der Waals surface area contributed by atoms with Crippen molar-refractivity contribution in [1.82, 2.24) is 9.55 Å². The number of anilines is 2. The van der Waals surface area contributed by atoms with E-state index in [9.17, 15) is 28.1 Å². The molecule has 0 aliphatic carbocycles. The fraction of sp³-hybridized carbons (Fsp3) is 0.111. The van der Waals surface area contributed by atoms with Gasteiger partial charge >= 0.3 is 6.18 Å². The van der Waals surface area contributed by atoms with Gasteiger partial charge in [0.25, 0.3) is 11.2 Å². The van der Waals surface area contributed by atoms with Gasteiger partial charge < -0.3 is 5.32 Å². The third-order valence-corrected chi connectivity index (χ3v) is 4.20. The predicted octanol–water partition coefficient (Wildman–Crippen LogP) is 4.62. The van der Waals surface area contributed by atoms with Crippen LogP contribution in [-0.2, 0) is 12.7 Å². The van der Waals surface area contributed by atoms with Gasteiger partial charge in [-0.2, -0.15) is 13.2 Å². The summed E-state index contributed by atoms with van der Waals surface area (Å²) < 4.78 is 40.4. The first-order valence-corrected chi connectivity index (χ1v) is 8.47. The molecule has 0 radical (unpaired) electrons. The van der Waals surface area contributed by atoms with E-state index in [0.29, 0.717) is 11.6 Å². The number of nitrogens with one attached hydrogen (secondary N) is 1. The standard InChI is InChI=1S/C18H12ClF3N4O3/c19-13-7-6-12(8-14(13)26(28)29)23-17-24-15(18(20,21)22)9-16(27)25(17)10-11-4-2-1-3-5-11/h1-9H,10H2,(H,23,24). The van der Waals surface area contributed by atoms with E-state index in [1.807, 2.05) is 0 Å². The van der Waals surface area contributed by atoms with E-state index in [1.54, 1.807) is 30.3 Å². The third kappa shape index (κ3) is 4.72. The lowest BCUT2D eigenvalue weighted by atomic mass is 10.2. The molecule has 0 saturated carbocycles. The second kappa shape index (κ2) is 7.92. The van der Waals surface area contributed by atoms with Crippen LogP contribution in [0.1, 0.15) is 11.3 Å². The number of hydrogen-bond acceptors (Lipinski definition) is 5. The van der Waals surface area contributed by atoms with Crippen LogP contribution in [0.4, 0.5) is 30.5 Å². The van der Waals surface area contributed by atoms with E-state index in [4.69, 9.17) is 11.6 Å². The Morgan fingerprint density at radius 1 is 1.14 bits per heavy atom. The zero-order chi connectivity index (χ0) is 21.2. The molecule has 2 aromatic carbocycles. The summed E-state index contributed by atoms with van der Waals surface area (Å²) in [6.07, 6.45) is -4.84. The van der Waals surface area contributed by atoms with Crippen LogP contribution in [0.2, 0.25) is 5.02 Å². The molecule has 0 unspecified atom stereocenters. The van der Waals surface area contributed by atoms with Gasteiger partial charge in [0.1, 0.15) is 5.02 Å². The van der Waals surface area contributed by atoms with Crippen molar-refractivity contribution in [1.29, 1.82) is 0 Å². The van der Waals surface area contributed by atoms with E-state index in [2.05, 4.69) is 10.3 Å². The largest absolute Gasteiger partial charge is 0.433 e. The maximum atomic E-state index is 13.1. The van der Waals surface area contributed by atoms with Crippen molar-refractivity contribution in [2.75, 3.05) is 5.32 Å². The normalized spacial score (nSPS) is 11.3. The van der Waals surface area contributed by atoms with Gasteiger partial charge in [0.2, 0.25) is 5.95 Å². The monoisotopic (exact) mass is 424 g/mol. The Morgan fingerprint density at radius 3 is 2.45 bits per heavy atom. The van der Waals surface area contributed by atoms with Crippen LogP contribution in [0, 0.1) is 10.1 Å². The molecule has 7 nitrogen and oxygen atoms in total. The second-order valence-corrected chi connectivity index (χ2v) is 6.33. The van der Waals surface area contributed by atoms with Crippen molar-refractivity contribution in [3.05, 3.63) is 91.3 Å². The van der Waals surface area contributed by atoms with Gasteiger partial charge in [0.15, 0.2) is 5.69 Å². The Balaban J connectivity index is 2.09. The zero-order valence-electron chi connectivity index (χ0n) is 14.5. The number of benzene rings is 2. The minimum Gasteiger partial charge on any atom is -0.325 e. The summed E-state index contributed by atoms with van der Waals surface area (Å²) in [5, 5.41) is 13.5. The first-order chi connectivity index (χ1) is 13.6. The number of rotatable bonds is 5. The highest BCUT2D eigenvalue weighted by molar-refractivity contribution is 6.32. The molecular formula is C18H12ClF3N4O3. The first kappa shape index (κ1) is 20.3. The fourth-order valence-corrected chi connectivity index (χ4v) is 2.71. The van der Waals surface area contributed by atoms with Crippen molar-refractivity contribution in [2.45, 2.75) is 12.7 Å². The van der Waals surface area contributed by atoms with Crippen LogP contribution < -0.4 is 10.9 Å². The van der Waals surface area contributed by atoms with Crippen molar-refractivity contribution >= 4 is 28.9 Å². The Kier molecular flexibility index (Phi) is 5.55. The Hall–Kier alpha value is -3.40. The topological polar surface area (TPSA) is 90.1 Å². The van der Waals surface area contributed by atoms with Crippen LogP contribution in [0.3, 0.4) is 0 Å². The van der Waals surface area contributed by atoms with Gasteiger partial charge in [-0.3, -0.25) is 19.5 Å². The molecule has 1 N–H and O–H groups in total. The summed E-state index contributed by atoms with van der Waals surface area (Å²) in [5.74, 6) is -0.412. The van der Waals surface area contributed by atoms with Crippen LogP contribution in [0.25, 0.3) is 0 Å². The molecule has 0 bridgehead atoms. The van der Waals surface area contributed by atoms with Gasteiger partial charge in [0, 0.05) is 17.8 Å². The quantitative estimate of drug-likeness (QED) is 0.477. The molecule has 29 heavy (non-hydrogen) atoms. The van der Waals surface area contributed by atoms with Gasteiger partial charge in [-0.15, -0.1) is 0 Å². The maximum absolute atomic E-state index is 13.1. The van der Waals surface area contributed by atoms with E-state index in [1.165, 1.54) is 12.1 Å². The SMILES string of the molecule is O=c1cc(C(F)(F)F)nc(Nc2ccc(Cl)c([N+](=O)[O-])c2)n1Cc1ccccc1. The summed E-state index contributed by atoms with van der Waals surface area (Å²) in [6.45, 7) is -0.0528. The average molecular weight is 425 g/mol. The molecule has 0 aliphatic heterocycles. The first-order valence-electron chi connectivity index (χ1n) is 8.09. The fourth-order valence-electron chi connectivity index (χ4n) is 2.52. The molecule has 0 aliphatic rings. The third-order valence-electron chi connectivity index (χ3n) is 3.88. The highest BCUT2D eigenvalue weighted by Crippen LogP contribution is 2.30. The smallest absolute Gasteiger partial charge is 0.325 e. The van der Waals surface area contributed by atoms with E-state index in [0.717, 1.165) is 10.6 Å². The lowest BCUT2D eigenvalue weighted by Gasteiger charge is -2.16. The van der Waals surface area contributed by atoms with Gasteiger partial charge in [-0.25, -0.2) is 4.98 Å². The predicted molar refractivity (Wildman–Crippen MR) is 100 cm³/mol. The van der Waals surface area contributed by atoms with Crippen LogP contribution >= 0.6 is 11.6 Å². The highest BCUT2D eigenvalue weighted by atomic mass is 35.5. The van der Waals surface area contributed by atoms with Crippen LogP contribution in [-0.4, -0.2) is 14.5 Å². The van der Waals surface area contributed by atoms with Crippen molar-refractivity contribution in [2.24, 2.45) is 0 Å². The number of nitro benzene ring substituents is 1. The van der Waals surface area contributed by atoms with Crippen molar-refractivity contribution in [3.8, 4) is 0 Å². The van der Waals surface area contributed by atoms with Gasteiger partial charge in [0.05, 0.1) is 11.5 Å². The van der Waals surface area contributed by atoms with E-state index in [-0.39, 0.29) is 17.3 Å². The maximum Gasteiger partial charge on any atom is 0.433 e. The van der Waals surface area contributed by atoms with Crippen LogP contribution in [0.5, 0.6) is 0 Å². The van der Waals surface area contributed by atoms with E-state index < -0.39 is 34.0 Å². The highest BCUT2D eigenvalue weighted by Gasteiger charge is 2.34. The summed E-state index contributed by atoms with van der Waals surface area (Å²) in [7, 11) is 0. The molecule has 0 atom stereocenters. The molecule has 3 aromatic rings. The molecule has 0 spiro atoms. The van der Waals surface area contributed by atoms with Gasteiger partial charge in [-0.05, 0) is 17.7 Å². The molecule has 0 saturated heterocycles. The summed E-state index contributed by atoms with van der Waals surface area (Å²) >= 11 is 5.75. The van der Waals surface area contributed by atoms with Crippen molar-refractivity contribution in [3.63, 3.8) is 0 Å². The van der Waals surface area contributed by atoms with Crippen molar-refractivity contribution < 1.29 is 18.1 Å². The molecular weight excluding hydrogens is 413 g/mol. The molecule has 1 aromatic heterocycles. The number of alkyl halides is 3. The number of aromatic nitrogens is 2. The Labute approximate surface area is 166 Å². The number of nitrogens with zero attached hydrogens (tertiary/aromatic N) is 3. The van der Waals surface area contributed by atoms with Crippen LogP contribution in [0.15, 0.2) is 59.4 Å². The zero-order valence-corrected chi connectivity index (χ0v) is 15.2.